The Kier molecular flexibility index (Phi) is 2.80. The fourth-order valence-corrected chi connectivity index (χ4v) is 1.46. The highest BCUT2D eigenvalue weighted by molar-refractivity contribution is 5.87. The van der Waals surface area contributed by atoms with Gasteiger partial charge in [0.15, 0.2) is 5.82 Å². The van der Waals surface area contributed by atoms with Crippen LogP contribution < -0.4 is 5.32 Å². The van der Waals surface area contributed by atoms with Crippen LogP contribution in [0.2, 0.25) is 0 Å². The highest BCUT2D eigenvalue weighted by atomic mass is 16.2. The minimum absolute atomic E-state index is 0.0408. The summed E-state index contributed by atoms with van der Waals surface area (Å²) in [5, 5.41) is 14.0. The molecule has 0 aromatic carbocycles. The fraction of sp³-hybridized carbons (Fsp3) is 0.625. The molecule has 1 fully saturated rings. The zero-order valence-corrected chi connectivity index (χ0v) is 8.88. The first-order chi connectivity index (χ1) is 7.65. The third kappa shape index (κ3) is 2.33. The van der Waals surface area contributed by atoms with E-state index in [2.05, 4.69) is 20.7 Å². The molecule has 0 radical (unpaired) electrons. The predicted molar refractivity (Wildman–Crippen MR) is 51.8 cm³/mol. The van der Waals surface area contributed by atoms with Crippen molar-refractivity contribution >= 4 is 11.8 Å². The quantitative estimate of drug-likeness (QED) is 0.630. The summed E-state index contributed by atoms with van der Waals surface area (Å²) in [7, 11) is 1.66. The Morgan fingerprint density at radius 3 is 2.94 bits per heavy atom. The molecule has 1 saturated heterocycles. The molecule has 1 aromatic rings. The van der Waals surface area contributed by atoms with Gasteiger partial charge < -0.3 is 10.2 Å². The predicted octanol–water partition coefficient (Wildman–Crippen LogP) is -1.94. The number of nitrogens with zero attached hydrogens (tertiary/aromatic N) is 5. The maximum absolute atomic E-state index is 11.6. The van der Waals surface area contributed by atoms with Crippen LogP contribution in [-0.2, 0) is 23.2 Å². The van der Waals surface area contributed by atoms with Crippen LogP contribution >= 0.6 is 0 Å². The summed E-state index contributed by atoms with van der Waals surface area (Å²) < 4.78 is 0. The Morgan fingerprint density at radius 2 is 2.25 bits per heavy atom. The van der Waals surface area contributed by atoms with Crippen LogP contribution in [0.1, 0.15) is 12.2 Å². The van der Waals surface area contributed by atoms with Crippen LogP contribution in [-0.4, -0.2) is 50.0 Å². The summed E-state index contributed by atoms with van der Waals surface area (Å²) in [6.07, 6.45) is 0.312. The summed E-state index contributed by atoms with van der Waals surface area (Å²) in [5.41, 5.74) is 0. The molecule has 16 heavy (non-hydrogen) atoms. The van der Waals surface area contributed by atoms with Crippen molar-refractivity contribution in [3.05, 3.63) is 5.82 Å². The summed E-state index contributed by atoms with van der Waals surface area (Å²) in [6.45, 7) is 0.726. The van der Waals surface area contributed by atoms with Crippen LogP contribution in [0.15, 0.2) is 0 Å². The van der Waals surface area contributed by atoms with E-state index < -0.39 is 0 Å². The van der Waals surface area contributed by atoms with Crippen LogP contribution in [0.25, 0.3) is 0 Å². The van der Waals surface area contributed by atoms with Crippen LogP contribution in [0, 0.1) is 0 Å². The first kappa shape index (κ1) is 10.5. The van der Waals surface area contributed by atoms with E-state index in [-0.39, 0.29) is 18.4 Å². The molecule has 2 amide bonds. The molecule has 0 unspecified atom stereocenters. The third-order valence-corrected chi connectivity index (χ3v) is 2.28. The molecular weight excluding hydrogens is 212 g/mol. The molecule has 0 atom stereocenters. The number of hydrogen-bond acceptors (Lipinski definition) is 5. The van der Waals surface area contributed by atoms with Gasteiger partial charge in [0, 0.05) is 13.0 Å². The summed E-state index contributed by atoms with van der Waals surface area (Å²) in [6, 6.07) is 0. The average molecular weight is 224 g/mol. The lowest BCUT2D eigenvalue weighted by Gasteiger charge is -2.16. The van der Waals surface area contributed by atoms with Gasteiger partial charge >= 0.3 is 0 Å². The molecule has 1 aliphatic rings. The topological polar surface area (TPSA) is 93.0 Å². The van der Waals surface area contributed by atoms with Crippen molar-refractivity contribution in [3.63, 3.8) is 0 Å². The standard InChI is InChI=1S/C8H12N6O2/c1-13-11-6(10-12-13)5-14-3-2-7(15)9-4-8(14)16/h2-5H2,1H3,(H,9,15). The molecule has 2 rings (SSSR count). The number of amides is 2. The van der Waals surface area contributed by atoms with Crippen molar-refractivity contribution in [1.82, 2.24) is 30.4 Å². The Balaban J connectivity index is 2.02. The van der Waals surface area contributed by atoms with E-state index >= 15 is 0 Å². The van der Waals surface area contributed by atoms with E-state index in [9.17, 15) is 9.59 Å². The largest absolute Gasteiger partial charge is 0.347 e. The van der Waals surface area contributed by atoms with Gasteiger partial charge in [0.25, 0.3) is 0 Å². The van der Waals surface area contributed by atoms with Crippen LogP contribution in [0.4, 0.5) is 0 Å². The molecule has 2 heterocycles. The zero-order chi connectivity index (χ0) is 11.5. The van der Waals surface area contributed by atoms with Crippen molar-refractivity contribution in [2.45, 2.75) is 13.0 Å². The summed E-state index contributed by atoms with van der Waals surface area (Å²) in [4.78, 5) is 25.6. The minimum Gasteiger partial charge on any atom is -0.347 e. The van der Waals surface area contributed by atoms with Crippen molar-refractivity contribution in [3.8, 4) is 0 Å². The first-order valence-electron chi connectivity index (χ1n) is 4.92. The van der Waals surface area contributed by atoms with Gasteiger partial charge in [0.05, 0.1) is 20.1 Å². The van der Waals surface area contributed by atoms with Crippen LogP contribution in [0.3, 0.4) is 0 Å². The maximum Gasteiger partial charge on any atom is 0.242 e. The molecule has 0 spiro atoms. The molecule has 0 saturated carbocycles. The molecular formula is C8H12N6O2. The third-order valence-electron chi connectivity index (χ3n) is 2.28. The number of hydrogen-bond donors (Lipinski definition) is 1. The van der Waals surface area contributed by atoms with E-state index in [1.807, 2.05) is 0 Å². The Hall–Kier alpha value is -1.99. The van der Waals surface area contributed by atoms with E-state index in [0.29, 0.717) is 25.3 Å². The molecule has 0 bridgehead atoms. The fourth-order valence-electron chi connectivity index (χ4n) is 1.46. The molecule has 1 aromatic heterocycles. The number of tetrazole rings is 1. The van der Waals surface area contributed by atoms with Gasteiger partial charge in [-0.15, -0.1) is 10.2 Å². The number of rotatable bonds is 2. The monoisotopic (exact) mass is 224 g/mol. The average Bonchev–Trinajstić information content (AvgIpc) is 2.59. The number of carbonyl (C=O) groups excluding carboxylic acids is 2. The lowest BCUT2D eigenvalue weighted by molar-refractivity contribution is -0.130. The second kappa shape index (κ2) is 4.25. The van der Waals surface area contributed by atoms with E-state index in [1.54, 1.807) is 11.9 Å². The molecule has 8 heteroatoms. The highest BCUT2D eigenvalue weighted by Crippen LogP contribution is 2.02. The Morgan fingerprint density at radius 1 is 1.44 bits per heavy atom. The van der Waals surface area contributed by atoms with Crippen molar-refractivity contribution in [2.24, 2.45) is 7.05 Å². The first-order valence-corrected chi connectivity index (χ1v) is 4.92. The lowest BCUT2D eigenvalue weighted by Crippen LogP contribution is -2.35. The minimum atomic E-state index is -0.127. The Bertz CT molecular complexity index is 414. The van der Waals surface area contributed by atoms with Gasteiger partial charge in [0.2, 0.25) is 11.8 Å². The van der Waals surface area contributed by atoms with Crippen LogP contribution in [0.5, 0.6) is 0 Å². The summed E-state index contributed by atoms with van der Waals surface area (Å²) in [5.74, 6) is 0.242. The van der Waals surface area contributed by atoms with E-state index in [0.717, 1.165) is 0 Å². The Labute approximate surface area is 91.6 Å². The number of nitrogens with one attached hydrogen (secondary N) is 1. The summed E-state index contributed by atoms with van der Waals surface area (Å²) >= 11 is 0. The van der Waals surface area contributed by atoms with E-state index in [1.165, 1.54) is 4.80 Å². The molecule has 1 aliphatic heterocycles. The van der Waals surface area contributed by atoms with Gasteiger partial charge in [-0.25, -0.2) is 0 Å². The van der Waals surface area contributed by atoms with Crippen molar-refractivity contribution in [1.29, 1.82) is 0 Å². The number of aromatic nitrogens is 4. The second-order valence-corrected chi connectivity index (χ2v) is 3.54. The number of carbonyl (C=O) groups is 2. The molecule has 86 valence electrons. The number of aryl methyl sites for hydroxylation is 1. The lowest BCUT2D eigenvalue weighted by atomic mass is 10.3. The second-order valence-electron chi connectivity index (χ2n) is 3.54. The van der Waals surface area contributed by atoms with Crippen molar-refractivity contribution < 1.29 is 9.59 Å². The smallest absolute Gasteiger partial charge is 0.242 e. The normalized spacial score (nSPS) is 17.2. The van der Waals surface area contributed by atoms with Gasteiger partial charge in [-0.3, -0.25) is 9.59 Å². The van der Waals surface area contributed by atoms with E-state index in [4.69, 9.17) is 0 Å². The molecule has 8 nitrogen and oxygen atoms in total. The van der Waals surface area contributed by atoms with Gasteiger partial charge in [-0.05, 0) is 5.21 Å². The molecule has 1 N–H and O–H groups in total. The van der Waals surface area contributed by atoms with Gasteiger partial charge in [0.1, 0.15) is 0 Å². The SMILES string of the molecule is Cn1nnc(CN2CCC(=O)NCC2=O)n1. The van der Waals surface area contributed by atoms with Crippen molar-refractivity contribution in [2.75, 3.05) is 13.1 Å². The molecule has 0 aliphatic carbocycles. The zero-order valence-electron chi connectivity index (χ0n) is 8.88. The highest BCUT2D eigenvalue weighted by Gasteiger charge is 2.21. The van der Waals surface area contributed by atoms with Gasteiger partial charge in [-0.2, -0.15) is 4.80 Å². The van der Waals surface area contributed by atoms with Gasteiger partial charge in [-0.1, -0.05) is 0 Å². The maximum atomic E-state index is 11.6.